The number of hydrogen-bond acceptors (Lipinski definition) is 4. The van der Waals surface area contributed by atoms with Crippen molar-refractivity contribution < 1.29 is 19.8 Å². The molecule has 3 N–H and O–H groups in total. The number of phenols is 1. The van der Waals surface area contributed by atoms with Crippen molar-refractivity contribution in [1.29, 1.82) is 0 Å². The van der Waals surface area contributed by atoms with E-state index in [1.807, 2.05) is 19.9 Å². The first kappa shape index (κ1) is 18.9. The van der Waals surface area contributed by atoms with E-state index in [-0.39, 0.29) is 5.75 Å². The maximum atomic E-state index is 10.7. The lowest BCUT2D eigenvalue weighted by Gasteiger charge is -2.10. The fourth-order valence-corrected chi connectivity index (χ4v) is 1.45. The van der Waals surface area contributed by atoms with Crippen molar-refractivity contribution in [2.75, 3.05) is 7.05 Å². The van der Waals surface area contributed by atoms with Gasteiger partial charge in [0, 0.05) is 0 Å². The predicted octanol–water partition coefficient (Wildman–Crippen LogP) is 2.00. The zero-order chi connectivity index (χ0) is 16.3. The number of allylic oxidation sites excluding steroid dienone is 2. The highest BCUT2D eigenvalue weighted by Gasteiger charge is 2.14. The van der Waals surface area contributed by atoms with Crippen molar-refractivity contribution in [3.05, 3.63) is 42.0 Å². The van der Waals surface area contributed by atoms with E-state index < -0.39 is 12.0 Å². The molecule has 116 valence electrons. The number of carbonyl (C=O) groups excluding carboxylic acids is 1. The maximum Gasteiger partial charge on any atom is 0.321 e. The Morgan fingerprint density at radius 3 is 2.19 bits per heavy atom. The summed E-state index contributed by atoms with van der Waals surface area (Å²) in [5.74, 6) is -0.198. The van der Waals surface area contributed by atoms with E-state index in [2.05, 4.69) is 5.32 Å². The van der Waals surface area contributed by atoms with Gasteiger partial charge in [0.2, 0.25) is 0 Å². The summed E-state index contributed by atoms with van der Waals surface area (Å²) in [6, 6.07) is 5.93. The zero-order valence-corrected chi connectivity index (χ0v) is 12.6. The molecule has 0 aromatic heterocycles. The summed E-state index contributed by atoms with van der Waals surface area (Å²) in [6.07, 6.45) is 4.57. The average molecular weight is 293 g/mol. The highest BCUT2D eigenvalue weighted by atomic mass is 16.4. The van der Waals surface area contributed by atoms with Crippen molar-refractivity contribution >= 4 is 12.3 Å². The third kappa shape index (κ3) is 9.40. The van der Waals surface area contributed by atoms with Crippen molar-refractivity contribution in [3.63, 3.8) is 0 Å². The number of carboxylic acid groups (broad SMARTS) is 1. The van der Waals surface area contributed by atoms with Gasteiger partial charge in [0.25, 0.3) is 0 Å². The van der Waals surface area contributed by atoms with Crippen LogP contribution < -0.4 is 5.32 Å². The second kappa shape index (κ2) is 10.6. The zero-order valence-electron chi connectivity index (χ0n) is 12.6. The first-order valence-corrected chi connectivity index (χ1v) is 6.70. The Hall–Kier alpha value is -2.14. The monoisotopic (exact) mass is 293 g/mol. The van der Waals surface area contributed by atoms with Crippen LogP contribution in [0.15, 0.2) is 36.4 Å². The number of aliphatic carboxylic acids is 1. The molecule has 1 rings (SSSR count). The van der Waals surface area contributed by atoms with Crippen LogP contribution >= 0.6 is 0 Å². The van der Waals surface area contributed by atoms with Gasteiger partial charge >= 0.3 is 5.97 Å². The number of likely N-dealkylation sites (N-methyl/N-ethyl adjacent to an activating group) is 1. The lowest BCUT2D eigenvalue weighted by Crippen LogP contribution is -2.35. The molecule has 0 spiro atoms. The summed E-state index contributed by atoms with van der Waals surface area (Å²) in [5, 5.41) is 20.5. The van der Waals surface area contributed by atoms with Crippen molar-refractivity contribution in [1.82, 2.24) is 5.32 Å². The number of carbonyl (C=O) groups is 2. The van der Waals surface area contributed by atoms with Crippen LogP contribution in [0.5, 0.6) is 5.75 Å². The van der Waals surface area contributed by atoms with Gasteiger partial charge in [0.05, 0.1) is 0 Å². The number of aldehydes is 1. The van der Waals surface area contributed by atoms with Gasteiger partial charge in [-0.05, 0) is 43.2 Å². The van der Waals surface area contributed by atoms with E-state index in [0.29, 0.717) is 12.3 Å². The van der Waals surface area contributed by atoms with Crippen LogP contribution in [0, 0.1) is 5.92 Å². The Morgan fingerprint density at radius 2 is 1.86 bits per heavy atom. The van der Waals surface area contributed by atoms with Crippen LogP contribution in [0.1, 0.15) is 19.4 Å². The topological polar surface area (TPSA) is 86.6 Å². The van der Waals surface area contributed by atoms with Crippen LogP contribution in [0.25, 0.3) is 0 Å². The first-order chi connectivity index (χ1) is 9.90. The Kier molecular flexibility index (Phi) is 9.54. The van der Waals surface area contributed by atoms with Gasteiger partial charge in [-0.3, -0.25) is 9.59 Å². The minimum atomic E-state index is -0.874. The quantitative estimate of drug-likeness (QED) is 0.551. The molecule has 1 aromatic rings. The smallest absolute Gasteiger partial charge is 0.321 e. The lowest BCUT2D eigenvalue weighted by atomic mass is 10.1. The summed E-state index contributed by atoms with van der Waals surface area (Å²) >= 11 is 0. The van der Waals surface area contributed by atoms with Gasteiger partial charge in [0.1, 0.15) is 18.1 Å². The number of nitrogens with one attached hydrogen (secondary N) is 1. The minimum Gasteiger partial charge on any atom is -0.508 e. The van der Waals surface area contributed by atoms with Gasteiger partial charge in [-0.2, -0.15) is 0 Å². The lowest BCUT2D eigenvalue weighted by molar-refractivity contribution is -0.139. The summed E-state index contributed by atoms with van der Waals surface area (Å²) in [7, 11) is 1.61. The van der Waals surface area contributed by atoms with E-state index in [1.165, 1.54) is 6.08 Å². The molecule has 0 aliphatic rings. The van der Waals surface area contributed by atoms with Gasteiger partial charge in [-0.15, -0.1) is 0 Å². The molecule has 0 saturated carbocycles. The second-order valence-electron chi connectivity index (χ2n) is 4.82. The number of carboxylic acids is 1. The molecule has 1 atom stereocenters. The molecular formula is C16H23NO4. The number of hydrogen-bond donors (Lipinski definition) is 3. The standard InChI is InChI=1S/C10H13NO3.C6H10O/c1-11-9(10(13)14)6-7-2-4-8(12)5-3-7;1-6(2)4-3-5-7/h2-5,9,11-12H,6H2,1H3,(H,13,14);3-6H,1-2H3/b;4-3+. The molecule has 0 aliphatic carbocycles. The summed E-state index contributed by atoms with van der Waals surface area (Å²) in [6.45, 7) is 4.06. The second-order valence-corrected chi connectivity index (χ2v) is 4.82. The number of benzene rings is 1. The molecular weight excluding hydrogens is 270 g/mol. The van der Waals surface area contributed by atoms with Gasteiger partial charge in [0.15, 0.2) is 0 Å². The van der Waals surface area contributed by atoms with Crippen molar-refractivity contribution in [2.24, 2.45) is 5.92 Å². The van der Waals surface area contributed by atoms with Crippen LogP contribution in [0.4, 0.5) is 0 Å². The van der Waals surface area contributed by atoms with Crippen molar-refractivity contribution in [3.8, 4) is 5.75 Å². The average Bonchev–Trinajstić information content (AvgIpc) is 2.44. The Labute approximate surface area is 125 Å². The summed E-state index contributed by atoms with van der Waals surface area (Å²) in [5.41, 5.74) is 0.879. The summed E-state index contributed by atoms with van der Waals surface area (Å²) in [4.78, 5) is 20.3. The molecule has 0 fully saturated rings. The van der Waals surface area contributed by atoms with Crippen LogP contribution in [-0.4, -0.2) is 35.6 Å². The highest BCUT2D eigenvalue weighted by Crippen LogP contribution is 2.11. The van der Waals surface area contributed by atoms with Gasteiger partial charge in [-0.25, -0.2) is 0 Å². The highest BCUT2D eigenvalue weighted by molar-refractivity contribution is 5.73. The number of phenolic OH excluding ortho intramolecular Hbond substituents is 1. The molecule has 21 heavy (non-hydrogen) atoms. The molecule has 5 heteroatoms. The largest absolute Gasteiger partial charge is 0.508 e. The van der Waals surface area contributed by atoms with E-state index in [9.17, 15) is 9.59 Å². The van der Waals surface area contributed by atoms with E-state index in [0.717, 1.165) is 11.8 Å². The summed E-state index contributed by atoms with van der Waals surface area (Å²) < 4.78 is 0. The fraction of sp³-hybridized carbons (Fsp3) is 0.375. The SMILES string of the molecule is CC(C)/C=C/C=O.CNC(Cc1ccc(O)cc1)C(=O)O. The maximum absolute atomic E-state index is 10.7. The normalized spacial score (nSPS) is 11.8. The third-order valence-electron chi connectivity index (χ3n) is 2.60. The third-order valence-corrected chi connectivity index (χ3v) is 2.60. The Morgan fingerprint density at radius 1 is 1.29 bits per heavy atom. The molecule has 0 amide bonds. The number of aromatic hydroxyl groups is 1. The molecule has 1 unspecified atom stereocenters. The van der Waals surface area contributed by atoms with Gasteiger partial charge < -0.3 is 15.5 Å². The number of rotatable bonds is 6. The van der Waals surface area contributed by atoms with Crippen LogP contribution in [0.3, 0.4) is 0 Å². The first-order valence-electron chi connectivity index (χ1n) is 6.70. The van der Waals surface area contributed by atoms with E-state index >= 15 is 0 Å². The molecule has 0 radical (unpaired) electrons. The molecule has 0 aliphatic heterocycles. The molecule has 1 aromatic carbocycles. The van der Waals surface area contributed by atoms with E-state index in [1.54, 1.807) is 31.3 Å². The van der Waals surface area contributed by atoms with Gasteiger partial charge in [-0.1, -0.05) is 32.1 Å². The van der Waals surface area contributed by atoms with Crippen LogP contribution in [0.2, 0.25) is 0 Å². The molecule has 0 bridgehead atoms. The molecule has 0 heterocycles. The fourth-order valence-electron chi connectivity index (χ4n) is 1.45. The minimum absolute atomic E-state index is 0.185. The predicted molar refractivity (Wildman–Crippen MR) is 82.3 cm³/mol. The van der Waals surface area contributed by atoms with Crippen molar-refractivity contribution in [2.45, 2.75) is 26.3 Å². The Bertz CT molecular complexity index is 452. The van der Waals surface area contributed by atoms with E-state index in [4.69, 9.17) is 10.2 Å². The Balaban J connectivity index is 0.000000486. The van der Waals surface area contributed by atoms with Crippen LogP contribution in [-0.2, 0) is 16.0 Å². The molecule has 5 nitrogen and oxygen atoms in total. The molecule has 0 saturated heterocycles.